The standard InChI is InChI=1S/C23H29NO4S/c1-15(2)28-23(26)21-18-7-5-4-6-8-19(18)29-22(21)24-20(25)14-11-16-9-12-17(27-3)13-10-16/h9-10,12-13,15H,4-8,11,14H2,1-3H3,(H,24,25). The Labute approximate surface area is 176 Å². The third kappa shape index (κ3) is 5.60. The van der Waals surface area contributed by atoms with E-state index in [2.05, 4.69) is 5.32 Å². The highest BCUT2D eigenvalue weighted by Gasteiger charge is 2.27. The first-order valence-corrected chi connectivity index (χ1v) is 11.1. The molecule has 6 heteroatoms. The highest BCUT2D eigenvalue weighted by Crippen LogP contribution is 2.38. The van der Waals surface area contributed by atoms with Crippen molar-refractivity contribution in [1.29, 1.82) is 0 Å². The molecule has 1 aromatic carbocycles. The average Bonchev–Trinajstić information content (AvgIpc) is 2.86. The lowest BCUT2D eigenvalue weighted by molar-refractivity contribution is -0.116. The molecule has 2 aromatic rings. The fourth-order valence-corrected chi connectivity index (χ4v) is 4.85. The van der Waals surface area contributed by atoms with Gasteiger partial charge in [-0.25, -0.2) is 4.79 Å². The summed E-state index contributed by atoms with van der Waals surface area (Å²) in [6.45, 7) is 3.69. The highest BCUT2D eigenvalue weighted by atomic mass is 32.1. The summed E-state index contributed by atoms with van der Waals surface area (Å²) < 4.78 is 10.6. The van der Waals surface area contributed by atoms with Crippen LogP contribution < -0.4 is 10.1 Å². The zero-order valence-electron chi connectivity index (χ0n) is 17.4. The largest absolute Gasteiger partial charge is 0.497 e. The van der Waals surface area contributed by atoms with Crippen molar-refractivity contribution in [2.75, 3.05) is 12.4 Å². The summed E-state index contributed by atoms with van der Waals surface area (Å²) in [6, 6.07) is 7.71. The van der Waals surface area contributed by atoms with Crippen molar-refractivity contribution in [3.05, 3.63) is 45.8 Å². The Bertz CT molecular complexity index is 855. The Morgan fingerprint density at radius 3 is 2.52 bits per heavy atom. The lowest BCUT2D eigenvalue weighted by Crippen LogP contribution is -2.17. The van der Waals surface area contributed by atoms with Gasteiger partial charge in [0, 0.05) is 11.3 Å². The van der Waals surface area contributed by atoms with Crippen LogP contribution in [-0.4, -0.2) is 25.1 Å². The van der Waals surface area contributed by atoms with E-state index in [1.807, 2.05) is 38.1 Å². The van der Waals surface area contributed by atoms with Crippen molar-refractivity contribution < 1.29 is 19.1 Å². The van der Waals surface area contributed by atoms with Crippen LogP contribution in [0.3, 0.4) is 0 Å². The van der Waals surface area contributed by atoms with Gasteiger partial charge in [0.2, 0.25) is 5.91 Å². The number of thiophene rings is 1. The number of anilines is 1. The number of esters is 1. The number of rotatable bonds is 7. The quantitative estimate of drug-likeness (QED) is 0.501. The molecule has 1 amide bonds. The number of carbonyl (C=O) groups excluding carboxylic acids is 2. The second kappa shape index (κ2) is 9.92. The predicted molar refractivity (Wildman–Crippen MR) is 116 cm³/mol. The van der Waals surface area contributed by atoms with Gasteiger partial charge in [-0.05, 0) is 69.2 Å². The van der Waals surface area contributed by atoms with E-state index in [9.17, 15) is 9.59 Å². The molecular formula is C23H29NO4S. The number of carbonyl (C=O) groups is 2. The molecule has 1 aromatic heterocycles. The number of hydrogen-bond donors (Lipinski definition) is 1. The number of nitrogens with one attached hydrogen (secondary N) is 1. The van der Waals surface area contributed by atoms with Crippen molar-refractivity contribution in [2.24, 2.45) is 0 Å². The summed E-state index contributed by atoms with van der Waals surface area (Å²) in [5.41, 5.74) is 2.71. The zero-order valence-corrected chi connectivity index (χ0v) is 18.2. The van der Waals surface area contributed by atoms with Crippen LogP contribution in [0.1, 0.15) is 65.9 Å². The summed E-state index contributed by atoms with van der Waals surface area (Å²) in [5.74, 6) is 0.382. The summed E-state index contributed by atoms with van der Waals surface area (Å²) >= 11 is 1.54. The first-order chi connectivity index (χ1) is 14.0. The molecule has 0 saturated carbocycles. The fourth-order valence-electron chi connectivity index (χ4n) is 3.56. The van der Waals surface area contributed by atoms with Gasteiger partial charge in [0.25, 0.3) is 0 Å². The maximum Gasteiger partial charge on any atom is 0.341 e. The minimum absolute atomic E-state index is 0.0872. The van der Waals surface area contributed by atoms with Crippen LogP contribution in [0.25, 0.3) is 0 Å². The molecule has 5 nitrogen and oxygen atoms in total. The van der Waals surface area contributed by atoms with Gasteiger partial charge < -0.3 is 14.8 Å². The minimum Gasteiger partial charge on any atom is -0.497 e. The van der Waals surface area contributed by atoms with Crippen LogP contribution in [0.5, 0.6) is 5.75 Å². The third-order valence-corrected chi connectivity index (χ3v) is 6.23. The van der Waals surface area contributed by atoms with Gasteiger partial charge in [0.05, 0.1) is 18.8 Å². The Hall–Kier alpha value is -2.34. The van der Waals surface area contributed by atoms with E-state index in [0.29, 0.717) is 23.4 Å². The molecular weight excluding hydrogens is 386 g/mol. The van der Waals surface area contributed by atoms with Gasteiger partial charge >= 0.3 is 5.97 Å². The van der Waals surface area contributed by atoms with E-state index in [-0.39, 0.29) is 18.0 Å². The normalized spacial score (nSPS) is 13.5. The summed E-state index contributed by atoms with van der Waals surface area (Å²) in [5, 5.41) is 3.63. The molecule has 29 heavy (non-hydrogen) atoms. The summed E-state index contributed by atoms with van der Waals surface area (Å²) in [7, 11) is 1.63. The molecule has 0 bridgehead atoms. The van der Waals surface area contributed by atoms with Gasteiger partial charge in [-0.2, -0.15) is 0 Å². The monoisotopic (exact) mass is 415 g/mol. The number of ether oxygens (including phenoxy) is 2. The van der Waals surface area contributed by atoms with Gasteiger partial charge in [0.15, 0.2) is 0 Å². The second-order valence-electron chi connectivity index (χ2n) is 7.62. The van der Waals surface area contributed by atoms with E-state index in [1.54, 1.807) is 7.11 Å². The summed E-state index contributed by atoms with van der Waals surface area (Å²) in [4.78, 5) is 26.6. The molecule has 0 atom stereocenters. The van der Waals surface area contributed by atoms with E-state index < -0.39 is 0 Å². The Morgan fingerprint density at radius 1 is 1.10 bits per heavy atom. The zero-order chi connectivity index (χ0) is 20.8. The van der Waals surface area contributed by atoms with Crippen LogP contribution >= 0.6 is 11.3 Å². The van der Waals surface area contributed by atoms with Crippen LogP contribution in [0, 0.1) is 0 Å². The number of methoxy groups -OCH3 is 1. The van der Waals surface area contributed by atoms with Crippen molar-refractivity contribution >= 4 is 28.2 Å². The lowest BCUT2D eigenvalue weighted by atomic mass is 10.1. The van der Waals surface area contributed by atoms with Crippen molar-refractivity contribution in [2.45, 2.75) is 64.9 Å². The fraction of sp³-hybridized carbons (Fsp3) is 0.478. The van der Waals surface area contributed by atoms with Gasteiger partial charge in [-0.15, -0.1) is 11.3 Å². The number of amides is 1. The molecule has 156 valence electrons. The Kier molecular flexibility index (Phi) is 7.31. The number of fused-ring (bicyclic) bond motifs is 1. The number of aryl methyl sites for hydroxylation is 2. The van der Waals surface area contributed by atoms with Crippen LogP contribution in [0.2, 0.25) is 0 Å². The average molecular weight is 416 g/mol. The molecule has 1 N–H and O–H groups in total. The number of hydrogen-bond acceptors (Lipinski definition) is 5. The van der Waals surface area contributed by atoms with Gasteiger partial charge in [0.1, 0.15) is 10.8 Å². The molecule has 0 spiro atoms. The molecule has 1 heterocycles. The van der Waals surface area contributed by atoms with Crippen LogP contribution in [-0.2, 0) is 28.8 Å². The van der Waals surface area contributed by atoms with E-state index in [1.165, 1.54) is 22.6 Å². The number of benzene rings is 1. The third-order valence-electron chi connectivity index (χ3n) is 5.02. The van der Waals surface area contributed by atoms with Crippen LogP contribution in [0.4, 0.5) is 5.00 Å². The van der Waals surface area contributed by atoms with Crippen molar-refractivity contribution in [3.63, 3.8) is 0 Å². The molecule has 0 saturated heterocycles. The maximum absolute atomic E-state index is 12.8. The lowest BCUT2D eigenvalue weighted by Gasteiger charge is -2.11. The van der Waals surface area contributed by atoms with Crippen molar-refractivity contribution in [1.82, 2.24) is 0 Å². The minimum atomic E-state index is -0.329. The molecule has 1 aliphatic rings. The molecule has 0 aliphatic heterocycles. The smallest absolute Gasteiger partial charge is 0.341 e. The van der Waals surface area contributed by atoms with Crippen LogP contribution in [0.15, 0.2) is 24.3 Å². The molecule has 0 fully saturated rings. The first kappa shape index (κ1) is 21.4. The predicted octanol–water partition coefficient (Wildman–Crippen LogP) is 5.16. The van der Waals surface area contributed by atoms with Crippen molar-refractivity contribution in [3.8, 4) is 5.75 Å². The summed E-state index contributed by atoms with van der Waals surface area (Å²) in [6.07, 6.45) is 5.99. The molecule has 0 unspecified atom stereocenters. The highest BCUT2D eigenvalue weighted by molar-refractivity contribution is 7.17. The SMILES string of the molecule is COc1ccc(CCC(=O)Nc2sc3c(c2C(=O)OC(C)C)CCCCC3)cc1. The van der Waals surface area contributed by atoms with E-state index >= 15 is 0 Å². The Balaban J connectivity index is 1.72. The second-order valence-corrected chi connectivity index (χ2v) is 8.72. The molecule has 0 radical (unpaired) electrons. The van der Waals surface area contributed by atoms with Gasteiger partial charge in [-0.1, -0.05) is 18.6 Å². The molecule has 3 rings (SSSR count). The maximum atomic E-state index is 12.8. The van der Waals surface area contributed by atoms with E-state index in [0.717, 1.165) is 42.6 Å². The Morgan fingerprint density at radius 2 is 1.83 bits per heavy atom. The van der Waals surface area contributed by atoms with E-state index in [4.69, 9.17) is 9.47 Å². The molecule has 1 aliphatic carbocycles. The van der Waals surface area contributed by atoms with Gasteiger partial charge in [-0.3, -0.25) is 4.79 Å². The topological polar surface area (TPSA) is 64.6 Å². The first-order valence-electron chi connectivity index (χ1n) is 10.3.